The molecular weight excluding hydrogens is 386 g/mol. The molecular formula is C23H24ClN3O2. The summed E-state index contributed by atoms with van der Waals surface area (Å²) >= 11 is 6.05. The molecule has 0 fully saturated rings. The average Bonchev–Trinajstić information content (AvgIpc) is 3.04. The van der Waals surface area contributed by atoms with Gasteiger partial charge in [-0.05, 0) is 30.7 Å². The van der Waals surface area contributed by atoms with E-state index in [1.807, 2.05) is 16.6 Å². The summed E-state index contributed by atoms with van der Waals surface area (Å²) in [5.74, 6) is -0.00599. The summed E-state index contributed by atoms with van der Waals surface area (Å²) in [6.45, 7) is 4.24. The van der Waals surface area contributed by atoms with Crippen molar-refractivity contribution in [1.82, 2.24) is 14.7 Å². The lowest BCUT2D eigenvalue weighted by atomic mass is 10.0. The third-order valence-electron chi connectivity index (χ3n) is 5.31. The molecule has 0 saturated heterocycles. The molecule has 29 heavy (non-hydrogen) atoms. The summed E-state index contributed by atoms with van der Waals surface area (Å²) in [6.07, 6.45) is 0.781. The lowest BCUT2D eigenvalue weighted by Gasteiger charge is -2.28. The van der Waals surface area contributed by atoms with Crippen LogP contribution in [-0.4, -0.2) is 27.1 Å². The Hall–Kier alpha value is -2.63. The van der Waals surface area contributed by atoms with Crippen LogP contribution in [0.3, 0.4) is 0 Å². The Balaban J connectivity index is 1.46. The lowest BCUT2D eigenvalue weighted by molar-refractivity contribution is 0.0728. The summed E-state index contributed by atoms with van der Waals surface area (Å²) in [5, 5.41) is 5.22. The summed E-state index contributed by atoms with van der Waals surface area (Å²) in [4.78, 5) is 14.8. The number of aromatic nitrogens is 2. The smallest absolute Gasteiger partial charge is 0.254 e. The minimum Gasteiger partial charge on any atom is -0.370 e. The number of halogens is 1. The molecule has 6 heteroatoms. The van der Waals surface area contributed by atoms with E-state index in [0.29, 0.717) is 36.9 Å². The van der Waals surface area contributed by atoms with Crippen molar-refractivity contribution in [2.75, 3.05) is 6.54 Å². The molecule has 2 heterocycles. The molecule has 4 rings (SSSR count). The number of hydrogen-bond donors (Lipinski definition) is 0. The van der Waals surface area contributed by atoms with Gasteiger partial charge < -0.3 is 9.64 Å². The minimum atomic E-state index is -0.00599. The van der Waals surface area contributed by atoms with E-state index in [0.717, 1.165) is 23.2 Å². The highest BCUT2D eigenvalue weighted by molar-refractivity contribution is 6.30. The average molecular weight is 410 g/mol. The van der Waals surface area contributed by atoms with E-state index in [2.05, 4.69) is 36.3 Å². The van der Waals surface area contributed by atoms with Gasteiger partial charge in [0.15, 0.2) is 0 Å². The second-order valence-electron chi connectivity index (χ2n) is 7.46. The SMILES string of the molecule is Cc1ccc(COCc2nn(C)c3c2CN(C(=O)c2cccc(Cl)c2)CC3)cc1. The topological polar surface area (TPSA) is 47.4 Å². The lowest BCUT2D eigenvalue weighted by Crippen LogP contribution is -2.36. The van der Waals surface area contributed by atoms with Crippen LogP contribution in [0.2, 0.25) is 5.02 Å². The van der Waals surface area contributed by atoms with E-state index in [1.54, 1.807) is 24.3 Å². The van der Waals surface area contributed by atoms with Gasteiger partial charge in [0.2, 0.25) is 0 Å². The molecule has 0 radical (unpaired) electrons. The Kier molecular flexibility index (Phi) is 5.69. The molecule has 150 valence electrons. The van der Waals surface area contributed by atoms with Crippen molar-refractivity contribution >= 4 is 17.5 Å². The van der Waals surface area contributed by atoms with Crippen LogP contribution in [0, 0.1) is 6.92 Å². The Morgan fingerprint density at radius 1 is 1.17 bits per heavy atom. The van der Waals surface area contributed by atoms with Crippen molar-refractivity contribution in [2.45, 2.75) is 33.1 Å². The van der Waals surface area contributed by atoms with E-state index in [4.69, 9.17) is 16.3 Å². The molecule has 0 bridgehead atoms. The number of aryl methyl sites for hydroxylation is 2. The summed E-state index contributed by atoms with van der Waals surface area (Å²) in [7, 11) is 1.96. The highest BCUT2D eigenvalue weighted by atomic mass is 35.5. The molecule has 1 amide bonds. The fraction of sp³-hybridized carbons (Fsp3) is 0.304. The van der Waals surface area contributed by atoms with Crippen molar-refractivity contribution in [3.05, 3.63) is 87.2 Å². The zero-order chi connectivity index (χ0) is 20.4. The van der Waals surface area contributed by atoms with E-state index in [1.165, 1.54) is 11.3 Å². The number of benzene rings is 2. The van der Waals surface area contributed by atoms with Crippen LogP contribution in [0.1, 0.15) is 38.4 Å². The van der Waals surface area contributed by atoms with Gasteiger partial charge in [-0.1, -0.05) is 47.5 Å². The largest absolute Gasteiger partial charge is 0.370 e. The second kappa shape index (κ2) is 8.39. The first-order valence-electron chi connectivity index (χ1n) is 9.73. The fourth-order valence-corrected chi connectivity index (χ4v) is 3.90. The number of rotatable bonds is 5. The molecule has 0 aliphatic carbocycles. The molecule has 3 aromatic rings. The summed E-state index contributed by atoms with van der Waals surface area (Å²) in [6, 6.07) is 15.4. The minimum absolute atomic E-state index is 0.00599. The van der Waals surface area contributed by atoms with Crippen LogP contribution in [0.25, 0.3) is 0 Å². The van der Waals surface area contributed by atoms with Crippen molar-refractivity contribution in [3.63, 3.8) is 0 Å². The van der Waals surface area contributed by atoms with Crippen LogP contribution in [0.5, 0.6) is 0 Å². The number of fused-ring (bicyclic) bond motifs is 1. The van der Waals surface area contributed by atoms with Gasteiger partial charge in [-0.15, -0.1) is 0 Å². The molecule has 0 N–H and O–H groups in total. The first-order chi connectivity index (χ1) is 14.0. The van der Waals surface area contributed by atoms with Crippen molar-refractivity contribution in [3.8, 4) is 0 Å². The molecule has 0 spiro atoms. The zero-order valence-corrected chi connectivity index (χ0v) is 17.4. The third-order valence-corrected chi connectivity index (χ3v) is 5.55. The number of ether oxygens (including phenoxy) is 1. The standard InChI is InChI=1S/C23H24ClN3O2/c1-16-6-8-17(9-7-16)14-29-15-21-20-13-27(11-10-22(20)26(2)25-21)23(28)18-4-3-5-19(24)12-18/h3-9,12H,10-11,13-15H2,1-2H3. The Morgan fingerprint density at radius 3 is 2.72 bits per heavy atom. The van der Waals surface area contributed by atoms with Crippen LogP contribution in [0.15, 0.2) is 48.5 Å². The van der Waals surface area contributed by atoms with Gasteiger partial charge >= 0.3 is 0 Å². The van der Waals surface area contributed by atoms with Gasteiger partial charge in [0.05, 0.1) is 18.9 Å². The van der Waals surface area contributed by atoms with Crippen LogP contribution >= 0.6 is 11.6 Å². The van der Waals surface area contributed by atoms with E-state index in [-0.39, 0.29) is 5.91 Å². The highest BCUT2D eigenvalue weighted by Gasteiger charge is 2.27. The number of nitrogens with zero attached hydrogens (tertiary/aromatic N) is 3. The van der Waals surface area contributed by atoms with Gasteiger partial charge in [0.1, 0.15) is 0 Å². The number of amides is 1. The monoisotopic (exact) mass is 409 g/mol. The van der Waals surface area contributed by atoms with E-state index < -0.39 is 0 Å². The zero-order valence-electron chi connectivity index (χ0n) is 16.7. The Morgan fingerprint density at radius 2 is 1.97 bits per heavy atom. The van der Waals surface area contributed by atoms with Crippen LogP contribution in [0.4, 0.5) is 0 Å². The molecule has 1 aliphatic heterocycles. The predicted octanol–water partition coefficient (Wildman–Crippen LogP) is 4.30. The van der Waals surface area contributed by atoms with Crippen molar-refractivity contribution in [1.29, 1.82) is 0 Å². The molecule has 1 aliphatic rings. The first kappa shape index (κ1) is 19.7. The maximum Gasteiger partial charge on any atom is 0.254 e. The first-order valence-corrected chi connectivity index (χ1v) is 10.1. The summed E-state index contributed by atoms with van der Waals surface area (Å²) < 4.78 is 7.84. The van der Waals surface area contributed by atoms with E-state index in [9.17, 15) is 4.79 Å². The normalized spacial score (nSPS) is 13.4. The third kappa shape index (κ3) is 4.36. The van der Waals surface area contributed by atoms with E-state index >= 15 is 0 Å². The molecule has 2 aromatic carbocycles. The van der Waals surface area contributed by atoms with Gasteiger partial charge in [0.25, 0.3) is 5.91 Å². The molecule has 5 nitrogen and oxygen atoms in total. The van der Waals surface area contributed by atoms with Crippen LogP contribution in [-0.2, 0) is 38.0 Å². The van der Waals surface area contributed by atoms with Crippen molar-refractivity contribution < 1.29 is 9.53 Å². The van der Waals surface area contributed by atoms with Crippen LogP contribution < -0.4 is 0 Å². The van der Waals surface area contributed by atoms with Gasteiger partial charge in [-0.25, -0.2) is 0 Å². The molecule has 1 aromatic heterocycles. The van der Waals surface area contributed by atoms with Crippen molar-refractivity contribution in [2.24, 2.45) is 7.05 Å². The number of hydrogen-bond acceptors (Lipinski definition) is 3. The quantitative estimate of drug-likeness (QED) is 0.631. The summed E-state index contributed by atoms with van der Waals surface area (Å²) in [5.41, 5.74) is 6.16. The second-order valence-corrected chi connectivity index (χ2v) is 7.90. The predicted molar refractivity (Wildman–Crippen MR) is 113 cm³/mol. The highest BCUT2D eigenvalue weighted by Crippen LogP contribution is 2.25. The molecule has 0 saturated carbocycles. The fourth-order valence-electron chi connectivity index (χ4n) is 3.71. The number of carbonyl (C=O) groups excluding carboxylic acids is 1. The van der Waals surface area contributed by atoms with Gasteiger partial charge in [-0.3, -0.25) is 9.48 Å². The molecule has 0 atom stereocenters. The maximum absolute atomic E-state index is 12.9. The Bertz CT molecular complexity index is 1030. The van der Waals surface area contributed by atoms with Gasteiger partial charge in [-0.2, -0.15) is 5.10 Å². The van der Waals surface area contributed by atoms with Gasteiger partial charge in [0, 0.05) is 48.4 Å². The number of carbonyl (C=O) groups is 1. The Labute approximate surface area is 175 Å². The molecule has 0 unspecified atom stereocenters. The maximum atomic E-state index is 12.9.